The first kappa shape index (κ1) is 21.9. The van der Waals surface area contributed by atoms with Crippen LogP contribution in [0.4, 0.5) is 5.82 Å². The van der Waals surface area contributed by atoms with Crippen molar-refractivity contribution in [2.24, 2.45) is 23.8 Å². The highest BCUT2D eigenvalue weighted by Crippen LogP contribution is 2.59. The molecule has 2 unspecified atom stereocenters. The maximum absolute atomic E-state index is 12.9. The van der Waals surface area contributed by atoms with Gasteiger partial charge in [-0.3, -0.25) is 9.48 Å². The maximum Gasteiger partial charge on any atom is 0.229 e. The molecule has 1 N–H and O–H groups in total. The Morgan fingerprint density at radius 2 is 1.97 bits per heavy atom. The van der Waals surface area contributed by atoms with Gasteiger partial charge >= 0.3 is 0 Å². The normalized spacial score (nSPS) is 21.8. The average molecular weight is 425 g/mol. The van der Waals surface area contributed by atoms with Gasteiger partial charge in [0.1, 0.15) is 5.69 Å². The minimum absolute atomic E-state index is 0.0925. The topological polar surface area (TPSA) is 75.9 Å². The van der Waals surface area contributed by atoms with Crippen molar-refractivity contribution in [1.82, 2.24) is 24.9 Å². The number of aryl methyl sites for hydroxylation is 2. The Balaban J connectivity index is 1.31. The molecular weight excluding hydrogens is 388 g/mol. The molecule has 1 spiro atoms. The molecule has 4 rings (SSSR count). The lowest BCUT2D eigenvalue weighted by Crippen LogP contribution is -2.42. The van der Waals surface area contributed by atoms with Crippen LogP contribution in [0.25, 0.3) is 11.4 Å². The zero-order chi connectivity index (χ0) is 22.4. The minimum atomic E-state index is 0.0925. The van der Waals surface area contributed by atoms with Crippen molar-refractivity contribution in [2.75, 3.05) is 18.4 Å². The fraction of sp³-hybridized carbons (Fsp3) is 0.667. The van der Waals surface area contributed by atoms with E-state index in [0.717, 1.165) is 49.3 Å². The van der Waals surface area contributed by atoms with E-state index < -0.39 is 0 Å². The van der Waals surface area contributed by atoms with Crippen LogP contribution in [0.3, 0.4) is 0 Å². The second-order valence-corrected chi connectivity index (χ2v) is 10.9. The molecular formula is C24H36N6O. The Morgan fingerprint density at radius 1 is 1.26 bits per heavy atom. The predicted octanol–water partition coefficient (Wildman–Crippen LogP) is 4.05. The number of aromatic nitrogens is 4. The quantitative estimate of drug-likeness (QED) is 0.784. The van der Waals surface area contributed by atoms with Crippen LogP contribution in [-0.4, -0.2) is 49.9 Å². The van der Waals surface area contributed by atoms with Crippen LogP contribution in [0.15, 0.2) is 18.3 Å². The van der Waals surface area contributed by atoms with E-state index in [1.165, 1.54) is 6.42 Å². The van der Waals surface area contributed by atoms with Gasteiger partial charge in [-0.2, -0.15) is 5.10 Å². The summed E-state index contributed by atoms with van der Waals surface area (Å²) in [5, 5.41) is 15.8. The highest BCUT2D eigenvalue weighted by Gasteiger charge is 2.58. The largest absolute Gasteiger partial charge is 0.309 e. The SMILES string of the molecule is Cc1cnn(C)c1-c1ccc(NC(=O)C2CC23CCN(C(C)CC(C)(C)C)CC3)nn1. The highest BCUT2D eigenvalue weighted by molar-refractivity contribution is 5.94. The molecule has 1 aliphatic heterocycles. The van der Waals surface area contributed by atoms with Crippen molar-refractivity contribution in [2.45, 2.75) is 66.3 Å². The molecule has 0 aromatic carbocycles. The summed E-state index contributed by atoms with van der Waals surface area (Å²) in [5.74, 6) is 0.718. The molecule has 1 amide bonds. The number of carbonyl (C=O) groups is 1. The van der Waals surface area contributed by atoms with Gasteiger partial charge in [-0.1, -0.05) is 20.8 Å². The van der Waals surface area contributed by atoms with E-state index in [0.29, 0.717) is 17.3 Å². The third kappa shape index (κ3) is 4.66. The fourth-order valence-corrected chi connectivity index (χ4v) is 5.35. The van der Waals surface area contributed by atoms with Gasteiger partial charge in [0, 0.05) is 19.0 Å². The summed E-state index contributed by atoms with van der Waals surface area (Å²) in [4.78, 5) is 15.5. The first-order valence-corrected chi connectivity index (χ1v) is 11.5. The number of nitrogens with zero attached hydrogens (tertiary/aromatic N) is 5. The van der Waals surface area contributed by atoms with Crippen molar-refractivity contribution < 1.29 is 4.79 Å². The Morgan fingerprint density at radius 3 is 2.52 bits per heavy atom. The number of rotatable bonds is 5. The molecule has 1 saturated heterocycles. The molecule has 2 aromatic heterocycles. The van der Waals surface area contributed by atoms with Crippen molar-refractivity contribution >= 4 is 11.7 Å². The molecule has 168 valence electrons. The second kappa shape index (κ2) is 8.01. The van der Waals surface area contributed by atoms with Gasteiger partial charge < -0.3 is 10.2 Å². The lowest BCUT2D eigenvalue weighted by atomic mass is 9.85. The van der Waals surface area contributed by atoms with E-state index in [1.54, 1.807) is 4.68 Å². The van der Waals surface area contributed by atoms with Gasteiger partial charge in [-0.25, -0.2) is 0 Å². The number of piperidine rings is 1. The van der Waals surface area contributed by atoms with Gasteiger partial charge in [0.05, 0.1) is 11.9 Å². The highest BCUT2D eigenvalue weighted by atomic mass is 16.2. The third-order valence-corrected chi connectivity index (χ3v) is 7.11. The molecule has 2 fully saturated rings. The van der Waals surface area contributed by atoms with E-state index in [4.69, 9.17) is 0 Å². The lowest BCUT2D eigenvalue weighted by molar-refractivity contribution is -0.118. The van der Waals surface area contributed by atoms with Crippen LogP contribution >= 0.6 is 0 Å². The minimum Gasteiger partial charge on any atom is -0.309 e. The number of anilines is 1. The predicted molar refractivity (Wildman–Crippen MR) is 122 cm³/mol. The summed E-state index contributed by atoms with van der Waals surface area (Å²) in [6, 6.07) is 4.32. The van der Waals surface area contributed by atoms with Crippen LogP contribution in [-0.2, 0) is 11.8 Å². The average Bonchev–Trinajstić information content (AvgIpc) is 3.29. The lowest BCUT2D eigenvalue weighted by Gasteiger charge is -2.39. The van der Waals surface area contributed by atoms with Gasteiger partial charge in [-0.05, 0) is 81.1 Å². The Kier molecular flexibility index (Phi) is 5.66. The second-order valence-electron chi connectivity index (χ2n) is 10.9. The van der Waals surface area contributed by atoms with Crippen molar-refractivity contribution in [3.05, 3.63) is 23.9 Å². The van der Waals surface area contributed by atoms with Crippen LogP contribution in [0.5, 0.6) is 0 Å². The number of likely N-dealkylation sites (tertiary alicyclic amines) is 1. The molecule has 1 saturated carbocycles. The summed E-state index contributed by atoms with van der Waals surface area (Å²) < 4.78 is 1.79. The van der Waals surface area contributed by atoms with Crippen LogP contribution in [0.2, 0.25) is 0 Å². The number of carbonyl (C=O) groups excluding carboxylic acids is 1. The monoisotopic (exact) mass is 424 g/mol. The van der Waals surface area contributed by atoms with Gasteiger partial charge in [0.25, 0.3) is 0 Å². The maximum atomic E-state index is 12.9. The van der Waals surface area contributed by atoms with E-state index >= 15 is 0 Å². The van der Waals surface area contributed by atoms with Gasteiger partial charge in [0.15, 0.2) is 5.82 Å². The summed E-state index contributed by atoms with van der Waals surface area (Å²) >= 11 is 0. The van der Waals surface area contributed by atoms with Crippen LogP contribution in [0, 0.1) is 23.7 Å². The van der Waals surface area contributed by atoms with Crippen molar-refractivity contribution in [1.29, 1.82) is 0 Å². The number of amides is 1. The summed E-state index contributed by atoms with van der Waals surface area (Å²) in [5.41, 5.74) is 3.30. The molecule has 7 heteroatoms. The van der Waals surface area contributed by atoms with Gasteiger partial charge in [0.2, 0.25) is 5.91 Å². The molecule has 3 heterocycles. The number of nitrogens with one attached hydrogen (secondary N) is 1. The first-order valence-electron chi connectivity index (χ1n) is 11.5. The Bertz CT molecular complexity index is 914. The van der Waals surface area contributed by atoms with Crippen molar-refractivity contribution in [3.63, 3.8) is 0 Å². The molecule has 31 heavy (non-hydrogen) atoms. The molecule has 0 bridgehead atoms. The Hall–Kier alpha value is -2.28. The van der Waals surface area contributed by atoms with E-state index in [1.807, 2.05) is 32.3 Å². The molecule has 2 aromatic rings. The molecule has 0 radical (unpaired) electrons. The summed E-state index contributed by atoms with van der Waals surface area (Å²) in [6.07, 6.45) is 6.25. The molecule has 1 aliphatic carbocycles. The van der Waals surface area contributed by atoms with E-state index in [9.17, 15) is 4.79 Å². The molecule has 2 atom stereocenters. The van der Waals surface area contributed by atoms with Crippen LogP contribution in [0.1, 0.15) is 58.9 Å². The zero-order valence-corrected chi connectivity index (χ0v) is 19.8. The first-order chi connectivity index (χ1) is 14.6. The van der Waals surface area contributed by atoms with E-state index in [2.05, 4.69) is 53.2 Å². The number of hydrogen-bond donors (Lipinski definition) is 1. The number of hydrogen-bond acceptors (Lipinski definition) is 5. The summed E-state index contributed by atoms with van der Waals surface area (Å²) in [7, 11) is 1.89. The Labute approximate surface area is 185 Å². The summed E-state index contributed by atoms with van der Waals surface area (Å²) in [6.45, 7) is 13.5. The standard InChI is InChI=1S/C24H36N6O/c1-16-15-25-29(6)21(16)19-7-8-20(28-27-19)26-22(31)18-14-24(18)9-11-30(12-10-24)17(2)13-23(3,4)5/h7-8,15,17-18H,9-14H2,1-6H3,(H,26,28,31). The third-order valence-electron chi connectivity index (χ3n) is 7.11. The fourth-order valence-electron chi connectivity index (χ4n) is 5.35. The van der Waals surface area contributed by atoms with Crippen LogP contribution < -0.4 is 5.32 Å². The van der Waals surface area contributed by atoms with E-state index in [-0.39, 0.29) is 17.2 Å². The van der Waals surface area contributed by atoms with Gasteiger partial charge in [-0.15, -0.1) is 10.2 Å². The smallest absolute Gasteiger partial charge is 0.229 e. The molecule has 2 aliphatic rings. The zero-order valence-electron chi connectivity index (χ0n) is 19.8. The molecule has 7 nitrogen and oxygen atoms in total. The van der Waals surface area contributed by atoms with Crippen molar-refractivity contribution in [3.8, 4) is 11.4 Å².